The molecule has 1 aromatic heterocycles. The fourth-order valence-corrected chi connectivity index (χ4v) is 2.75. The maximum atomic E-state index is 10.2. The van der Waals surface area contributed by atoms with E-state index in [9.17, 15) is 5.11 Å². The number of phenols is 1. The van der Waals surface area contributed by atoms with Crippen LogP contribution in [-0.4, -0.2) is 14.7 Å². The van der Waals surface area contributed by atoms with Crippen LogP contribution in [0.1, 0.15) is 31.0 Å². The molecule has 0 unspecified atom stereocenters. The number of hydrogen-bond acceptors (Lipinski definition) is 2. The Hall–Kier alpha value is -2.29. The van der Waals surface area contributed by atoms with E-state index in [1.54, 1.807) is 6.07 Å². The smallest absolute Gasteiger partial charge is 0.145 e. The molecule has 1 N–H and O–H groups in total. The molecule has 108 valence electrons. The van der Waals surface area contributed by atoms with Gasteiger partial charge >= 0.3 is 0 Å². The lowest BCUT2D eigenvalue weighted by Gasteiger charge is -2.14. The number of nitrogens with zero attached hydrogens (tertiary/aromatic N) is 2. The van der Waals surface area contributed by atoms with Crippen LogP contribution in [0, 0.1) is 13.8 Å². The summed E-state index contributed by atoms with van der Waals surface area (Å²) in [5.74, 6) is 1.10. The lowest BCUT2D eigenvalue weighted by atomic mass is 10.1. The topological polar surface area (TPSA) is 38.1 Å². The van der Waals surface area contributed by atoms with Gasteiger partial charge in [-0.2, -0.15) is 0 Å². The molecule has 3 aromatic rings. The SMILES string of the molecule is Cc1ccc(O)c(-c2nc3cc(C)ccc3n2C(C)C)c1. The zero-order valence-electron chi connectivity index (χ0n) is 12.9. The van der Waals surface area contributed by atoms with Gasteiger partial charge in [0.1, 0.15) is 11.6 Å². The second kappa shape index (κ2) is 4.92. The molecule has 3 rings (SSSR count). The minimum Gasteiger partial charge on any atom is -0.507 e. The summed E-state index contributed by atoms with van der Waals surface area (Å²) in [6.07, 6.45) is 0. The summed E-state index contributed by atoms with van der Waals surface area (Å²) in [6.45, 7) is 8.36. The number of aromatic nitrogens is 2. The molecule has 0 fully saturated rings. The molecule has 3 heteroatoms. The van der Waals surface area contributed by atoms with Gasteiger partial charge in [0.15, 0.2) is 0 Å². The summed E-state index contributed by atoms with van der Waals surface area (Å²) in [5, 5.41) is 10.2. The van der Waals surface area contributed by atoms with Crippen molar-refractivity contribution in [2.75, 3.05) is 0 Å². The molecular weight excluding hydrogens is 260 g/mol. The van der Waals surface area contributed by atoms with Crippen molar-refractivity contribution in [2.45, 2.75) is 33.7 Å². The van der Waals surface area contributed by atoms with Crippen molar-refractivity contribution in [2.24, 2.45) is 0 Å². The van der Waals surface area contributed by atoms with E-state index in [2.05, 4.69) is 43.5 Å². The van der Waals surface area contributed by atoms with Gasteiger partial charge in [-0.05, 0) is 57.5 Å². The van der Waals surface area contributed by atoms with Crippen molar-refractivity contribution < 1.29 is 5.11 Å². The second-order valence-corrected chi connectivity index (χ2v) is 5.91. The Kier molecular flexibility index (Phi) is 3.20. The highest BCUT2D eigenvalue weighted by Crippen LogP contribution is 2.34. The van der Waals surface area contributed by atoms with Crippen molar-refractivity contribution in [1.82, 2.24) is 9.55 Å². The van der Waals surface area contributed by atoms with Crippen LogP contribution in [0.15, 0.2) is 36.4 Å². The highest BCUT2D eigenvalue weighted by atomic mass is 16.3. The Labute approximate surface area is 124 Å². The minimum absolute atomic E-state index is 0.271. The molecule has 1 heterocycles. The summed E-state index contributed by atoms with van der Waals surface area (Å²) in [5.41, 5.74) is 5.17. The van der Waals surface area contributed by atoms with Crippen LogP contribution in [0.2, 0.25) is 0 Å². The Morgan fingerprint density at radius 3 is 2.38 bits per heavy atom. The van der Waals surface area contributed by atoms with Gasteiger partial charge in [-0.1, -0.05) is 17.7 Å². The van der Waals surface area contributed by atoms with Gasteiger partial charge in [0.05, 0.1) is 16.6 Å². The van der Waals surface area contributed by atoms with Crippen molar-refractivity contribution in [3.8, 4) is 17.1 Å². The van der Waals surface area contributed by atoms with E-state index in [0.717, 1.165) is 28.0 Å². The molecule has 21 heavy (non-hydrogen) atoms. The van der Waals surface area contributed by atoms with E-state index in [1.807, 2.05) is 19.1 Å². The third-order valence-electron chi connectivity index (χ3n) is 3.75. The maximum absolute atomic E-state index is 10.2. The van der Waals surface area contributed by atoms with Crippen LogP contribution in [0.25, 0.3) is 22.4 Å². The van der Waals surface area contributed by atoms with Crippen molar-refractivity contribution in [1.29, 1.82) is 0 Å². The van der Waals surface area contributed by atoms with Gasteiger partial charge in [-0.3, -0.25) is 0 Å². The minimum atomic E-state index is 0.271. The fraction of sp³-hybridized carbons (Fsp3) is 0.278. The van der Waals surface area contributed by atoms with Crippen LogP contribution in [0.5, 0.6) is 5.75 Å². The van der Waals surface area contributed by atoms with Crippen LogP contribution in [0.4, 0.5) is 0 Å². The average Bonchev–Trinajstić information content (AvgIpc) is 2.79. The van der Waals surface area contributed by atoms with E-state index in [0.29, 0.717) is 0 Å². The number of imidazole rings is 1. The predicted octanol–water partition coefficient (Wildman–Crippen LogP) is 4.61. The Balaban J connectivity index is 2.36. The van der Waals surface area contributed by atoms with Gasteiger partial charge < -0.3 is 9.67 Å². The number of benzene rings is 2. The number of hydrogen-bond donors (Lipinski definition) is 1. The van der Waals surface area contributed by atoms with E-state index in [4.69, 9.17) is 4.98 Å². The largest absolute Gasteiger partial charge is 0.507 e. The van der Waals surface area contributed by atoms with E-state index in [1.165, 1.54) is 5.56 Å². The highest BCUT2D eigenvalue weighted by molar-refractivity contribution is 5.82. The molecule has 0 amide bonds. The molecule has 3 nitrogen and oxygen atoms in total. The molecule has 0 saturated carbocycles. The van der Waals surface area contributed by atoms with Crippen LogP contribution in [-0.2, 0) is 0 Å². The first-order chi connectivity index (χ1) is 9.97. The predicted molar refractivity (Wildman–Crippen MR) is 86.7 cm³/mol. The van der Waals surface area contributed by atoms with Gasteiger partial charge in [0.2, 0.25) is 0 Å². The van der Waals surface area contributed by atoms with Gasteiger partial charge in [0.25, 0.3) is 0 Å². The lowest BCUT2D eigenvalue weighted by molar-refractivity contribution is 0.476. The number of fused-ring (bicyclic) bond motifs is 1. The summed E-state index contributed by atoms with van der Waals surface area (Å²) in [7, 11) is 0. The Bertz CT molecular complexity index is 815. The molecule has 0 aliphatic carbocycles. The molecule has 0 spiro atoms. The molecule has 2 aromatic carbocycles. The third-order valence-corrected chi connectivity index (χ3v) is 3.75. The summed E-state index contributed by atoms with van der Waals surface area (Å²) < 4.78 is 2.18. The molecule has 0 atom stereocenters. The number of aromatic hydroxyl groups is 1. The molecule has 0 bridgehead atoms. The molecular formula is C18H20N2O. The first-order valence-corrected chi connectivity index (χ1v) is 7.26. The molecule has 0 saturated heterocycles. The first-order valence-electron chi connectivity index (χ1n) is 7.26. The molecule has 0 aliphatic rings. The van der Waals surface area contributed by atoms with E-state index in [-0.39, 0.29) is 11.8 Å². The number of aryl methyl sites for hydroxylation is 2. The zero-order chi connectivity index (χ0) is 15.1. The second-order valence-electron chi connectivity index (χ2n) is 5.91. The van der Waals surface area contributed by atoms with E-state index < -0.39 is 0 Å². The standard InChI is InChI=1S/C18H20N2O/c1-11(2)20-16-7-5-13(4)10-15(16)19-18(20)14-9-12(3)6-8-17(14)21/h5-11,21H,1-4H3. The van der Waals surface area contributed by atoms with Gasteiger partial charge in [-0.25, -0.2) is 4.98 Å². The zero-order valence-corrected chi connectivity index (χ0v) is 12.9. The Morgan fingerprint density at radius 2 is 1.67 bits per heavy atom. The Morgan fingerprint density at radius 1 is 1.00 bits per heavy atom. The monoisotopic (exact) mass is 280 g/mol. The van der Waals surface area contributed by atoms with Gasteiger partial charge in [-0.15, -0.1) is 0 Å². The number of rotatable bonds is 2. The fourth-order valence-electron chi connectivity index (χ4n) is 2.75. The average molecular weight is 280 g/mol. The van der Waals surface area contributed by atoms with Gasteiger partial charge in [0, 0.05) is 6.04 Å². The molecule has 0 aliphatic heterocycles. The quantitative estimate of drug-likeness (QED) is 0.744. The maximum Gasteiger partial charge on any atom is 0.145 e. The van der Waals surface area contributed by atoms with Crippen molar-refractivity contribution in [3.63, 3.8) is 0 Å². The van der Waals surface area contributed by atoms with Crippen LogP contribution in [0.3, 0.4) is 0 Å². The summed E-state index contributed by atoms with van der Waals surface area (Å²) in [6, 6.07) is 12.2. The summed E-state index contributed by atoms with van der Waals surface area (Å²) >= 11 is 0. The van der Waals surface area contributed by atoms with Crippen LogP contribution >= 0.6 is 0 Å². The van der Waals surface area contributed by atoms with Crippen molar-refractivity contribution in [3.05, 3.63) is 47.5 Å². The normalized spacial score (nSPS) is 11.5. The van der Waals surface area contributed by atoms with E-state index >= 15 is 0 Å². The third kappa shape index (κ3) is 2.29. The highest BCUT2D eigenvalue weighted by Gasteiger charge is 2.17. The summed E-state index contributed by atoms with van der Waals surface area (Å²) in [4.78, 5) is 4.77. The lowest BCUT2D eigenvalue weighted by Crippen LogP contribution is -2.03. The number of phenolic OH excluding ortho intramolecular Hbond substituents is 1. The first kappa shape index (κ1) is 13.7. The van der Waals surface area contributed by atoms with Crippen LogP contribution < -0.4 is 0 Å². The van der Waals surface area contributed by atoms with Crippen molar-refractivity contribution >= 4 is 11.0 Å². The molecule has 0 radical (unpaired) electrons.